The predicted molar refractivity (Wildman–Crippen MR) is 55.1 cm³/mol. The zero-order chi connectivity index (χ0) is 11.8. The van der Waals surface area contributed by atoms with Crippen molar-refractivity contribution in [1.29, 1.82) is 0 Å². The Labute approximate surface area is 92.1 Å². The summed E-state index contributed by atoms with van der Waals surface area (Å²) < 4.78 is 32.8. The van der Waals surface area contributed by atoms with Crippen LogP contribution in [-0.2, 0) is 23.7 Å². The number of aryl methyl sites for hydroxylation is 2. The summed E-state index contributed by atoms with van der Waals surface area (Å²) in [6.45, 7) is 0.111. The van der Waals surface area contributed by atoms with Crippen molar-refractivity contribution in [3.8, 4) is 0 Å². The Morgan fingerprint density at radius 2 is 2.31 bits per heavy atom. The number of hydrogen-bond acceptors (Lipinski definition) is 4. The van der Waals surface area contributed by atoms with Gasteiger partial charge in [-0.1, -0.05) is 4.68 Å². The van der Waals surface area contributed by atoms with Gasteiger partial charge in [0, 0.05) is 18.2 Å². The molecule has 0 fully saturated rings. The molecule has 0 unspecified atom stereocenters. The van der Waals surface area contributed by atoms with Gasteiger partial charge in [0.05, 0.1) is 11.6 Å². The Bertz CT molecular complexity index is 619. The highest BCUT2D eigenvalue weighted by molar-refractivity contribution is 7.85. The van der Waals surface area contributed by atoms with Crippen molar-refractivity contribution in [3.63, 3.8) is 0 Å². The van der Waals surface area contributed by atoms with Gasteiger partial charge in [-0.05, 0) is 0 Å². The number of aromatic nitrogens is 4. The van der Waals surface area contributed by atoms with Gasteiger partial charge in [0.1, 0.15) is 5.75 Å². The minimum atomic E-state index is -3.96. The van der Waals surface area contributed by atoms with E-state index in [4.69, 9.17) is 4.55 Å². The molecule has 2 aromatic heterocycles. The van der Waals surface area contributed by atoms with E-state index in [9.17, 15) is 8.42 Å². The first-order valence-corrected chi connectivity index (χ1v) is 6.20. The van der Waals surface area contributed by atoms with E-state index in [1.54, 1.807) is 30.2 Å². The lowest BCUT2D eigenvalue weighted by molar-refractivity contribution is -0.748. The molecule has 2 heterocycles. The molecule has 0 aliphatic heterocycles. The summed E-state index contributed by atoms with van der Waals surface area (Å²) in [5.74, 6) is -0.353. The van der Waals surface area contributed by atoms with E-state index in [2.05, 4.69) is 10.2 Å². The first-order chi connectivity index (χ1) is 7.46. The average molecular weight is 243 g/mol. The van der Waals surface area contributed by atoms with Crippen LogP contribution in [0.15, 0.2) is 18.5 Å². The van der Waals surface area contributed by atoms with Crippen LogP contribution < -0.4 is 4.68 Å². The molecule has 0 radical (unpaired) electrons. The maximum absolute atomic E-state index is 10.6. The third-order valence-electron chi connectivity index (χ3n) is 2.16. The van der Waals surface area contributed by atoms with Gasteiger partial charge >= 0.3 is 0 Å². The van der Waals surface area contributed by atoms with E-state index in [-0.39, 0.29) is 12.3 Å². The predicted octanol–water partition coefficient (Wildman–Crippen LogP) is -0.856. The summed E-state index contributed by atoms with van der Waals surface area (Å²) in [7, 11) is -2.20. The van der Waals surface area contributed by atoms with Gasteiger partial charge in [-0.25, -0.2) is 4.68 Å². The SMILES string of the molecule is Cn1ncc2cc[n+](CCS(=O)(=O)O)nc21. The monoisotopic (exact) mass is 243 g/mol. The molecular weight excluding hydrogens is 232 g/mol. The molecule has 0 aliphatic carbocycles. The number of fused-ring (bicyclic) bond motifs is 1. The standard InChI is InChI=1S/C8H10N4O3S/c1-11-8-7(6-9-11)2-3-12(10-8)4-5-16(13,14)15/h2-3,6H,4-5H2,1H3/p+1. The molecule has 8 heteroatoms. The van der Waals surface area contributed by atoms with E-state index in [1.807, 2.05) is 0 Å². The maximum atomic E-state index is 10.6. The fourth-order valence-corrected chi connectivity index (χ4v) is 1.76. The fraction of sp³-hybridized carbons (Fsp3) is 0.375. The Hall–Kier alpha value is -1.54. The Morgan fingerprint density at radius 3 is 3.00 bits per heavy atom. The molecule has 16 heavy (non-hydrogen) atoms. The van der Waals surface area contributed by atoms with Crippen LogP contribution in [0, 0.1) is 0 Å². The van der Waals surface area contributed by atoms with Crippen molar-refractivity contribution < 1.29 is 17.7 Å². The van der Waals surface area contributed by atoms with Crippen LogP contribution in [0.3, 0.4) is 0 Å². The largest absolute Gasteiger partial charge is 0.285 e. The highest BCUT2D eigenvalue weighted by Crippen LogP contribution is 2.05. The molecule has 86 valence electrons. The summed E-state index contributed by atoms with van der Waals surface area (Å²) in [6.07, 6.45) is 3.32. The Kier molecular flexibility index (Phi) is 2.60. The second-order valence-corrected chi connectivity index (χ2v) is 4.98. The second kappa shape index (κ2) is 3.80. The first-order valence-electron chi connectivity index (χ1n) is 4.59. The molecule has 0 saturated heterocycles. The van der Waals surface area contributed by atoms with E-state index in [0.29, 0.717) is 5.65 Å². The zero-order valence-electron chi connectivity index (χ0n) is 8.61. The molecule has 0 aromatic carbocycles. The quantitative estimate of drug-likeness (QED) is 0.560. The normalized spacial score (nSPS) is 12.1. The lowest BCUT2D eigenvalue weighted by Crippen LogP contribution is -2.40. The van der Waals surface area contributed by atoms with Gasteiger partial charge in [-0.2, -0.15) is 13.5 Å². The third-order valence-corrected chi connectivity index (χ3v) is 2.86. The molecular formula is C8H11N4O3S+. The van der Waals surface area contributed by atoms with Crippen LogP contribution in [0.5, 0.6) is 0 Å². The van der Waals surface area contributed by atoms with Crippen LogP contribution in [0.2, 0.25) is 0 Å². The maximum Gasteiger partial charge on any atom is 0.271 e. The Morgan fingerprint density at radius 1 is 1.56 bits per heavy atom. The molecule has 1 N–H and O–H groups in total. The molecule has 0 aliphatic rings. The minimum Gasteiger partial charge on any atom is -0.285 e. The minimum absolute atomic E-state index is 0.111. The van der Waals surface area contributed by atoms with Crippen molar-refractivity contribution >= 4 is 21.2 Å². The van der Waals surface area contributed by atoms with Gasteiger partial charge in [-0.15, -0.1) is 0 Å². The highest BCUT2D eigenvalue weighted by Gasteiger charge is 2.13. The average Bonchev–Trinajstić information content (AvgIpc) is 2.56. The summed E-state index contributed by atoms with van der Waals surface area (Å²) >= 11 is 0. The van der Waals surface area contributed by atoms with Crippen LogP contribution in [0.1, 0.15) is 0 Å². The summed E-state index contributed by atoms with van der Waals surface area (Å²) in [6, 6.07) is 1.79. The summed E-state index contributed by atoms with van der Waals surface area (Å²) in [5.41, 5.74) is 0.665. The van der Waals surface area contributed by atoms with Crippen molar-refractivity contribution in [2.75, 3.05) is 5.75 Å². The molecule has 2 rings (SSSR count). The summed E-state index contributed by atoms with van der Waals surface area (Å²) in [5, 5.41) is 9.08. The van der Waals surface area contributed by atoms with Crippen molar-refractivity contribution in [2.45, 2.75) is 6.54 Å². The second-order valence-electron chi connectivity index (χ2n) is 3.41. The van der Waals surface area contributed by atoms with Crippen molar-refractivity contribution in [2.24, 2.45) is 7.05 Å². The number of rotatable bonds is 3. The van der Waals surface area contributed by atoms with Crippen LogP contribution >= 0.6 is 0 Å². The van der Waals surface area contributed by atoms with Gasteiger partial charge < -0.3 is 0 Å². The molecule has 0 spiro atoms. The highest BCUT2D eigenvalue weighted by atomic mass is 32.2. The lowest BCUT2D eigenvalue weighted by atomic mass is 10.4. The van der Waals surface area contributed by atoms with Gasteiger partial charge in [0.15, 0.2) is 12.7 Å². The smallest absolute Gasteiger partial charge is 0.271 e. The molecule has 0 atom stereocenters. The molecule has 0 bridgehead atoms. The van der Waals surface area contributed by atoms with Crippen LogP contribution in [0.4, 0.5) is 0 Å². The zero-order valence-corrected chi connectivity index (χ0v) is 9.42. The summed E-state index contributed by atoms with van der Waals surface area (Å²) in [4.78, 5) is 0. The Balaban J connectivity index is 2.29. The lowest BCUT2D eigenvalue weighted by Gasteiger charge is -1.94. The molecule has 2 aromatic rings. The van der Waals surface area contributed by atoms with E-state index in [1.165, 1.54) is 4.68 Å². The van der Waals surface area contributed by atoms with Crippen molar-refractivity contribution in [3.05, 3.63) is 18.5 Å². The fourth-order valence-electron chi connectivity index (χ4n) is 1.34. The van der Waals surface area contributed by atoms with E-state index < -0.39 is 10.1 Å². The first kappa shape index (κ1) is 11.0. The van der Waals surface area contributed by atoms with Gasteiger partial charge in [0.2, 0.25) is 5.65 Å². The van der Waals surface area contributed by atoms with Gasteiger partial charge in [-0.3, -0.25) is 4.55 Å². The van der Waals surface area contributed by atoms with Crippen molar-refractivity contribution in [1.82, 2.24) is 14.9 Å². The van der Waals surface area contributed by atoms with Crippen LogP contribution in [0.25, 0.3) is 11.0 Å². The van der Waals surface area contributed by atoms with Gasteiger partial charge in [0.25, 0.3) is 10.1 Å². The molecule has 0 saturated carbocycles. The third kappa shape index (κ3) is 2.34. The van der Waals surface area contributed by atoms with Crippen LogP contribution in [-0.4, -0.2) is 33.6 Å². The molecule has 7 nitrogen and oxygen atoms in total. The van der Waals surface area contributed by atoms with E-state index >= 15 is 0 Å². The number of hydrogen-bond donors (Lipinski definition) is 1. The van der Waals surface area contributed by atoms with E-state index in [0.717, 1.165) is 5.39 Å². The number of nitrogens with zero attached hydrogens (tertiary/aromatic N) is 4. The topological polar surface area (TPSA) is 89.0 Å². The molecule has 0 amide bonds.